The Bertz CT molecular complexity index is 536. The highest BCUT2D eigenvalue weighted by atomic mass is 19.1. The highest BCUT2D eigenvalue weighted by Gasteiger charge is 2.20. The highest BCUT2D eigenvalue weighted by Crippen LogP contribution is 2.31. The Kier molecular flexibility index (Phi) is 4.97. The first-order valence-corrected chi connectivity index (χ1v) is 6.61. The van der Waals surface area contributed by atoms with Gasteiger partial charge in [-0.25, -0.2) is 4.39 Å². The van der Waals surface area contributed by atoms with Gasteiger partial charge in [0.1, 0.15) is 18.2 Å². The molecule has 1 heterocycles. The number of nitrogens with one attached hydrogen (secondary N) is 1. The van der Waals surface area contributed by atoms with Gasteiger partial charge in [-0.3, -0.25) is 9.59 Å². The molecule has 1 N–H and O–H groups in total. The van der Waals surface area contributed by atoms with E-state index in [0.717, 1.165) is 0 Å². The fraction of sp³-hybridized carbons (Fsp3) is 0.429. The van der Waals surface area contributed by atoms with Gasteiger partial charge < -0.3 is 19.7 Å². The van der Waals surface area contributed by atoms with E-state index in [1.807, 2.05) is 0 Å². The monoisotopic (exact) mass is 296 g/mol. The number of hydrogen-bond acceptors (Lipinski definition) is 5. The lowest BCUT2D eigenvalue weighted by atomic mass is 10.2. The van der Waals surface area contributed by atoms with Gasteiger partial charge in [0.05, 0.1) is 32.3 Å². The lowest BCUT2D eigenvalue weighted by molar-refractivity contribution is -0.140. The Morgan fingerprint density at radius 2 is 2.29 bits per heavy atom. The summed E-state index contributed by atoms with van der Waals surface area (Å²) in [6.07, 6.45) is 0.122. The number of carbonyl (C=O) groups is 2. The van der Waals surface area contributed by atoms with E-state index in [-0.39, 0.29) is 37.2 Å². The maximum Gasteiger partial charge on any atom is 0.307 e. The lowest BCUT2D eigenvalue weighted by Crippen LogP contribution is -2.41. The van der Waals surface area contributed by atoms with Crippen LogP contribution in [0.15, 0.2) is 18.2 Å². The van der Waals surface area contributed by atoms with Crippen LogP contribution in [0.2, 0.25) is 0 Å². The number of fused-ring (bicyclic) bond motifs is 1. The van der Waals surface area contributed by atoms with Crippen LogP contribution in [-0.2, 0) is 14.3 Å². The smallest absolute Gasteiger partial charge is 0.307 e. The van der Waals surface area contributed by atoms with Gasteiger partial charge in [0.15, 0.2) is 0 Å². The van der Waals surface area contributed by atoms with Crippen molar-refractivity contribution in [3.63, 3.8) is 0 Å². The number of nitrogens with zero attached hydrogens (tertiary/aromatic N) is 1. The lowest BCUT2D eigenvalue weighted by Gasteiger charge is -2.30. The normalized spacial score (nSPS) is 13.1. The molecule has 6 nitrogen and oxygen atoms in total. The molecule has 0 radical (unpaired) electrons. The fourth-order valence-electron chi connectivity index (χ4n) is 2.05. The van der Waals surface area contributed by atoms with Crippen LogP contribution in [0, 0.1) is 5.82 Å². The number of ether oxygens (including phenoxy) is 2. The molecule has 0 fully saturated rings. The number of benzene rings is 1. The zero-order chi connectivity index (χ0) is 15.2. The van der Waals surface area contributed by atoms with Gasteiger partial charge in [0.25, 0.3) is 0 Å². The van der Waals surface area contributed by atoms with E-state index in [1.165, 1.54) is 19.2 Å². The third-order valence-electron chi connectivity index (χ3n) is 3.09. The number of carbonyl (C=O) groups excluding carboxylic acids is 2. The maximum absolute atomic E-state index is 13.3. The van der Waals surface area contributed by atoms with Crippen molar-refractivity contribution in [1.82, 2.24) is 5.32 Å². The SMILES string of the molecule is COC(=O)CCNC(=O)CN1CCOc2ccc(F)cc21. The molecule has 7 heteroatoms. The van der Waals surface area contributed by atoms with E-state index in [9.17, 15) is 14.0 Å². The molecule has 21 heavy (non-hydrogen) atoms. The second kappa shape index (κ2) is 6.92. The molecule has 1 aromatic rings. The van der Waals surface area contributed by atoms with Crippen molar-refractivity contribution in [2.24, 2.45) is 0 Å². The largest absolute Gasteiger partial charge is 0.490 e. The molecule has 114 valence electrons. The Hall–Kier alpha value is -2.31. The first kappa shape index (κ1) is 15.1. The van der Waals surface area contributed by atoms with Gasteiger partial charge in [-0.05, 0) is 12.1 Å². The molecule has 0 saturated heterocycles. The summed E-state index contributed by atoms with van der Waals surface area (Å²) in [6.45, 7) is 1.24. The van der Waals surface area contributed by atoms with Crippen molar-refractivity contribution >= 4 is 17.6 Å². The first-order chi connectivity index (χ1) is 10.1. The third-order valence-corrected chi connectivity index (χ3v) is 3.09. The standard InChI is InChI=1S/C14H17FN2O4/c1-20-14(19)4-5-16-13(18)9-17-6-7-21-12-3-2-10(15)8-11(12)17/h2-3,8H,4-7,9H2,1H3,(H,16,18). The van der Waals surface area contributed by atoms with E-state index < -0.39 is 0 Å². The zero-order valence-corrected chi connectivity index (χ0v) is 11.7. The summed E-state index contributed by atoms with van der Waals surface area (Å²) in [6, 6.07) is 4.21. The molecule has 0 aliphatic carbocycles. The predicted octanol–water partition coefficient (Wildman–Crippen LogP) is 0.704. The Labute approximate surface area is 121 Å². The Morgan fingerprint density at radius 1 is 1.48 bits per heavy atom. The van der Waals surface area contributed by atoms with Crippen molar-refractivity contribution in [1.29, 1.82) is 0 Å². The zero-order valence-electron chi connectivity index (χ0n) is 11.7. The minimum absolute atomic E-state index is 0.0843. The van der Waals surface area contributed by atoms with Gasteiger partial charge in [0, 0.05) is 12.6 Å². The van der Waals surface area contributed by atoms with Crippen LogP contribution in [0.25, 0.3) is 0 Å². The molecule has 1 aliphatic heterocycles. The molecule has 0 unspecified atom stereocenters. The van der Waals surface area contributed by atoms with E-state index in [4.69, 9.17) is 4.74 Å². The van der Waals surface area contributed by atoms with E-state index >= 15 is 0 Å². The molecule has 1 aliphatic rings. The minimum Gasteiger partial charge on any atom is -0.490 e. The number of methoxy groups -OCH3 is 1. The number of hydrogen-bond donors (Lipinski definition) is 1. The summed E-state index contributed by atoms with van der Waals surface area (Å²) < 4.78 is 23.2. The van der Waals surface area contributed by atoms with Gasteiger partial charge in [0.2, 0.25) is 5.91 Å². The average Bonchev–Trinajstić information content (AvgIpc) is 2.47. The molecule has 1 aromatic carbocycles. The number of anilines is 1. The molecule has 0 bridgehead atoms. The molecule has 0 spiro atoms. The van der Waals surface area contributed by atoms with Crippen molar-refractivity contribution in [3.05, 3.63) is 24.0 Å². The topological polar surface area (TPSA) is 67.9 Å². The van der Waals surface area contributed by atoms with Crippen molar-refractivity contribution in [2.45, 2.75) is 6.42 Å². The minimum atomic E-state index is -0.380. The van der Waals surface area contributed by atoms with E-state index in [1.54, 1.807) is 11.0 Å². The van der Waals surface area contributed by atoms with Gasteiger partial charge in [-0.15, -0.1) is 0 Å². The van der Waals surface area contributed by atoms with Gasteiger partial charge >= 0.3 is 5.97 Å². The number of amides is 1. The molecule has 0 aromatic heterocycles. The highest BCUT2D eigenvalue weighted by molar-refractivity contribution is 5.82. The van der Waals surface area contributed by atoms with Crippen LogP contribution in [0.4, 0.5) is 10.1 Å². The van der Waals surface area contributed by atoms with Crippen LogP contribution in [-0.4, -0.2) is 45.2 Å². The average molecular weight is 296 g/mol. The van der Waals surface area contributed by atoms with E-state index in [0.29, 0.717) is 24.6 Å². The van der Waals surface area contributed by atoms with Gasteiger partial charge in [-0.2, -0.15) is 0 Å². The van der Waals surface area contributed by atoms with Crippen LogP contribution in [0.5, 0.6) is 5.75 Å². The van der Waals surface area contributed by atoms with Crippen molar-refractivity contribution in [3.8, 4) is 5.75 Å². The summed E-state index contributed by atoms with van der Waals surface area (Å²) >= 11 is 0. The maximum atomic E-state index is 13.3. The summed E-state index contributed by atoms with van der Waals surface area (Å²) in [5, 5.41) is 2.62. The molecule has 1 amide bonds. The fourth-order valence-corrected chi connectivity index (χ4v) is 2.05. The van der Waals surface area contributed by atoms with E-state index in [2.05, 4.69) is 10.1 Å². The molecular weight excluding hydrogens is 279 g/mol. The Balaban J connectivity index is 1.90. The van der Waals surface area contributed by atoms with Crippen LogP contribution in [0.3, 0.4) is 0 Å². The van der Waals surface area contributed by atoms with Crippen LogP contribution >= 0.6 is 0 Å². The number of halogens is 1. The van der Waals surface area contributed by atoms with Crippen molar-refractivity contribution < 1.29 is 23.5 Å². The van der Waals surface area contributed by atoms with Crippen LogP contribution < -0.4 is 15.0 Å². The quantitative estimate of drug-likeness (QED) is 0.810. The second-order valence-electron chi connectivity index (χ2n) is 4.56. The number of esters is 1. The molecular formula is C14H17FN2O4. The van der Waals surface area contributed by atoms with Crippen molar-refractivity contribution in [2.75, 3.05) is 38.3 Å². The molecule has 0 saturated carbocycles. The first-order valence-electron chi connectivity index (χ1n) is 6.61. The summed E-state index contributed by atoms with van der Waals surface area (Å²) in [5.74, 6) is -0.439. The molecule has 2 rings (SSSR count). The summed E-state index contributed by atoms with van der Waals surface area (Å²) in [4.78, 5) is 24.5. The third kappa shape index (κ3) is 4.08. The predicted molar refractivity (Wildman–Crippen MR) is 73.8 cm³/mol. The Morgan fingerprint density at radius 3 is 3.05 bits per heavy atom. The van der Waals surface area contributed by atoms with Crippen LogP contribution in [0.1, 0.15) is 6.42 Å². The molecule has 0 atom stereocenters. The summed E-state index contributed by atoms with van der Waals surface area (Å²) in [7, 11) is 1.30. The second-order valence-corrected chi connectivity index (χ2v) is 4.56. The number of rotatable bonds is 5. The summed E-state index contributed by atoms with van der Waals surface area (Å²) in [5.41, 5.74) is 0.560. The van der Waals surface area contributed by atoms with Gasteiger partial charge in [-0.1, -0.05) is 0 Å².